The Morgan fingerprint density at radius 2 is 1.90 bits per heavy atom. The maximum absolute atomic E-state index is 14.0. The molecule has 216 valence electrons. The van der Waals surface area contributed by atoms with Crippen LogP contribution in [0.3, 0.4) is 0 Å². The molecule has 12 nitrogen and oxygen atoms in total. The molecule has 5 atom stereocenters. The van der Waals surface area contributed by atoms with E-state index in [2.05, 4.69) is 15.5 Å². The average molecular weight is 584 g/mol. The summed E-state index contributed by atoms with van der Waals surface area (Å²) in [5.41, 5.74) is 0.789. The summed E-state index contributed by atoms with van der Waals surface area (Å²) in [7, 11) is 1.44. The summed E-state index contributed by atoms with van der Waals surface area (Å²) in [5.74, 6) is -1.24. The minimum Gasteiger partial charge on any atom is -0.465 e. The molecule has 2 fully saturated rings. The van der Waals surface area contributed by atoms with Crippen LogP contribution < -0.4 is 0 Å². The molecule has 0 spiro atoms. The van der Waals surface area contributed by atoms with Gasteiger partial charge in [0.05, 0.1) is 24.6 Å². The van der Waals surface area contributed by atoms with Crippen molar-refractivity contribution in [3.8, 4) is 11.3 Å². The summed E-state index contributed by atoms with van der Waals surface area (Å²) in [5, 5.41) is 41.7. The highest BCUT2D eigenvalue weighted by Crippen LogP contribution is 2.35. The lowest BCUT2D eigenvalue weighted by atomic mass is 9.90. The van der Waals surface area contributed by atoms with Crippen molar-refractivity contribution < 1.29 is 42.9 Å². The first-order valence-corrected chi connectivity index (χ1v) is 13.0. The number of aromatic nitrogens is 4. The van der Waals surface area contributed by atoms with E-state index in [-0.39, 0.29) is 23.6 Å². The summed E-state index contributed by atoms with van der Waals surface area (Å²) in [6.45, 7) is 0.312. The normalized spacial score (nSPS) is 25.9. The quantitative estimate of drug-likeness (QED) is 0.353. The van der Waals surface area contributed by atoms with Gasteiger partial charge in [0.1, 0.15) is 52.5 Å². The van der Waals surface area contributed by atoms with Gasteiger partial charge >= 0.3 is 6.09 Å². The van der Waals surface area contributed by atoms with Gasteiger partial charge in [-0.25, -0.2) is 18.3 Å². The molecule has 2 saturated heterocycles. The number of amides is 1. The van der Waals surface area contributed by atoms with E-state index in [1.807, 2.05) is 0 Å². The zero-order valence-corrected chi connectivity index (χ0v) is 22.1. The zero-order chi connectivity index (χ0) is 28.6. The van der Waals surface area contributed by atoms with Crippen LogP contribution in [-0.4, -0.2) is 97.7 Å². The maximum atomic E-state index is 14.0. The van der Waals surface area contributed by atoms with E-state index in [1.54, 1.807) is 6.07 Å². The highest BCUT2D eigenvalue weighted by molar-refractivity contribution is 6.31. The highest BCUT2D eigenvalue weighted by Gasteiger charge is 2.47. The fourth-order valence-corrected chi connectivity index (χ4v) is 5.48. The summed E-state index contributed by atoms with van der Waals surface area (Å²) in [6.07, 6.45) is -1.83. The third kappa shape index (κ3) is 5.54. The molecular formula is C25H28ClF2N5O7. The van der Waals surface area contributed by atoms with Crippen molar-refractivity contribution in [2.24, 2.45) is 0 Å². The molecule has 0 saturated carbocycles. The minimum absolute atomic E-state index is 0.0261. The predicted octanol–water partition coefficient (Wildman–Crippen LogP) is 2.64. The Labute approximate surface area is 232 Å². The lowest BCUT2D eigenvalue weighted by Gasteiger charge is -2.43. The van der Waals surface area contributed by atoms with E-state index in [9.17, 15) is 23.8 Å². The molecule has 3 aromatic rings. The van der Waals surface area contributed by atoms with Crippen molar-refractivity contribution in [1.82, 2.24) is 25.1 Å². The number of likely N-dealkylation sites (tertiary alicyclic amines) is 1. The molecule has 3 N–H and O–H groups in total. The number of aliphatic hydroxyl groups excluding tert-OH is 2. The molecule has 2 aliphatic rings. The molecule has 4 heterocycles. The van der Waals surface area contributed by atoms with Crippen molar-refractivity contribution in [1.29, 1.82) is 0 Å². The van der Waals surface area contributed by atoms with Crippen molar-refractivity contribution >= 4 is 17.7 Å². The van der Waals surface area contributed by atoms with Gasteiger partial charge in [-0.15, -0.1) is 5.10 Å². The molecule has 0 bridgehead atoms. The average Bonchev–Trinajstić information content (AvgIpc) is 3.62. The molecule has 40 heavy (non-hydrogen) atoms. The zero-order valence-electron chi connectivity index (χ0n) is 21.4. The Bertz CT molecular complexity index is 1330. The number of benzene rings is 1. The lowest BCUT2D eigenvalue weighted by Crippen LogP contribution is -2.57. The van der Waals surface area contributed by atoms with Crippen molar-refractivity contribution in [2.45, 2.75) is 55.6 Å². The van der Waals surface area contributed by atoms with Gasteiger partial charge in [-0.2, -0.15) is 0 Å². The minimum atomic E-state index is -1.26. The second-order valence-corrected chi connectivity index (χ2v) is 10.3. The van der Waals surface area contributed by atoms with Gasteiger partial charge in [-0.3, -0.25) is 0 Å². The Morgan fingerprint density at radius 3 is 2.52 bits per heavy atom. The predicted molar refractivity (Wildman–Crippen MR) is 134 cm³/mol. The number of carboxylic acid groups (broad SMARTS) is 1. The molecule has 15 heteroatoms. The molecule has 5 rings (SSSR count). The first-order chi connectivity index (χ1) is 19.2. The Kier molecular flexibility index (Phi) is 8.33. The summed E-state index contributed by atoms with van der Waals surface area (Å²) < 4.78 is 46.6. The number of ether oxygens (including phenoxy) is 2. The van der Waals surface area contributed by atoms with E-state index in [0.717, 1.165) is 12.1 Å². The highest BCUT2D eigenvalue weighted by atomic mass is 35.5. The Balaban J connectivity index is 1.35. The van der Waals surface area contributed by atoms with E-state index >= 15 is 0 Å². The molecule has 0 radical (unpaired) electrons. The first-order valence-electron chi connectivity index (χ1n) is 12.7. The van der Waals surface area contributed by atoms with Crippen molar-refractivity contribution in [3.05, 3.63) is 52.5 Å². The maximum Gasteiger partial charge on any atom is 0.407 e. The number of halogens is 3. The fourth-order valence-electron chi connectivity index (χ4n) is 5.37. The standard InChI is InChI=1S/C25H28ClF2N5O7/c1-38-24-19(9-14-8-18(40-30-14)12-2-4-32(5-3-12)25(36)37)39-20(11-34)23(35)22(24)33-10-17(29-31-33)13-6-15(27)21(26)16(28)7-13/h6-8,10,12,19-20,22-24,34-35H,2-5,9,11H2,1H3,(H,36,37)/t19-,20-,22+,23+,24+/m1/s1. The van der Waals surface area contributed by atoms with Gasteiger partial charge in [-0.1, -0.05) is 22.0 Å². The fraction of sp³-hybridized carbons (Fsp3) is 0.520. The van der Waals surface area contributed by atoms with Crippen LogP contribution in [0.1, 0.15) is 36.3 Å². The summed E-state index contributed by atoms with van der Waals surface area (Å²) in [4.78, 5) is 12.5. The van der Waals surface area contributed by atoms with Gasteiger partial charge in [0.15, 0.2) is 0 Å². The van der Waals surface area contributed by atoms with E-state index in [4.69, 9.17) is 30.7 Å². The van der Waals surface area contributed by atoms with Crippen LogP contribution in [0.5, 0.6) is 0 Å². The third-order valence-electron chi connectivity index (χ3n) is 7.49. The number of hydrogen-bond acceptors (Lipinski definition) is 9. The van der Waals surface area contributed by atoms with E-state index in [0.29, 0.717) is 37.4 Å². The molecule has 2 aliphatic heterocycles. The van der Waals surface area contributed by atoms with Crippen LogP contribution in [0.15, 0.2) is 28.9 Å². The molecule has 1 aromatic carbocycles. The summed E-state index contributed by atoms with van der Waals surface area (Å²) in [6, 6.07) is 2.97. The molecule has 0 unspecified atom stereocenters. The monoisotopic (exact) mass is 583 g/mol. The lowest BCUT2D eigenvalue weighted by molar-refractivity contribution is -0.212. The number of methoxy groups -OCH3 is 1. The number of aliphatic hydroxyl groups is 2. The van der Waals surface area contributed by atoms with Gasteiger partial charge < -0.3 is 34.2 Å². The first kappa shape index (κ1) is 28.4. The Morgan fingerprint density at radius 1 is 1.20 bits per heavy atom. The van der Waals surface area contributed by atoms with Crippen LogP contribution in [0, 0.1) is 11.6 Å². The molecule has 2 aromatic heterocycles. The van der Waals surface area contributed by atoms with E-state index in [1.165, 1.54) is 22.9 Å². The van der Waals surface area contributed by atoms with Crippen LogP contribution in [0.25, 0.3) is 11.3 Å². The largest absolute Gasteiger partial charge is 0.465 e. The topological polar surface area (TPSA) is 156 Å². The SMILES string of the molecule is CO[C@@H]1[C@@H](n2cc(-c3cc(F)c(Cl)c(F)c3)nn2)[C@@H](O)[C@@H](CO)O[C@@H]1Cc1cc(C2CCN(C(=O)O)CC2)on1. The van der Waals surface area contributed by atoms with E-state index < -0.39 is 59.8 Å². The molecule has 1 amide bonds. The van der Waals surface area contributed by atoms with Gasteiger partial charge in [-0.05, 0) is 25.0 Å². The second-order valence-electron chi connectivity index (χ2n) is 9.88. The number of hydrogen-bond donors (Lipinski definition) is 3. The second kappa shape index (κ2) is 11.7. The number of rotatable bonds is 7. The van der Waals surface area contributed by atoms with Crippen LogP contribution >= 0.6 is 11.6 Å². The Hall–Kier alpha value is -3.17. The molecule has 0 aliphatic carbocycles. The molecular weight excluding hydrogens is 556 g/mol. The number of carbonyl (C=O) groups is 1. The van der Waals surface area contributed by atoms with Gasteiger partial charge in [0, 0.05) is 44.2 Å². The van der Waals surface area contributed by atoms with Gasteiger partial charge in [0.2, 0.25) is 0 Å². The third-order valence-corrected chi connectivity index (χ3v) is 7.85. The van der Waals surface area contributed by atoms with Crippen LogP contribution in [-0.2, 0) is 15.9 Å². The number of piperidine rings is 1. The number of nitrogens with zero attached hydrogens (tertiary/aromatic N) is 5. The van der Waals surface area contributed by atoms with Crippen molar-refractivity contribution in [2.75, 3.05) is 26.8 Å². The van der Waals surface area contributed by atoms with Gasteiger partial charge in [0.25, 0.3) is 0 Å². The van der Waals surface area contributed by atoms with Crippen LogP contribution in [0.4, 0.5) is 13.6 Å². The van der Waals surface area contributed by atoms with Crippen molar-refractivity contribution in [3.63, 3.8) is 0 Å². The van der Waals surface area contributed by atoms with Crippen LogP contribution in [0.2, 0.25) is 5.02 Å². The summed E-state index contributed by atoms with van der Waals surface area (Å²) >= 11 is 5.58. The smallest absolute Gasteiger partial charge is 0.407 e.